The third kappa shape index (κ3) is 2.26. The van der Waals surface area contributed by atoms with Gasteiger partial charge in [-0.1, -0.05) is 18.2 Å². The Labute approximate surface area is 143 Å². The number of hydrogen-bond donors (Lipinski definition) is 0. The molecule has 0 fully saturated rings. The molecule has 2 aliphatic rings. The van der Waals surface area contributed by atoms with Gasteiger partial charge in [-0.2, -0.15) is 0 Å². The summed E-state index contributed by atoms with van der Waals surface area (Å²) in [5, 5.41) is 0. The molecule has 6 nitrogen and oxygen atoms in total. The van der Waals surface area contributed by atoms with E-state index in [2.05, 4.69) is 0 Å². The highest BCUT2D eigenvalue weighted by molar-refractivity contribution is 6.27. The Morgan fingerprint density at radius 3 is 2.28 bits per heavy atom. The fourth-order valence-corrected chi connectivity index (χ4v) is 3.06. The minimum atomic E-state index is -0.542. The van der Waals surface area contributed by atoms with Gasteiger partial charge in [0.25, 0.3) is 0 Å². The van der Waals surface area contributed by atoms with Gasteiger partial charge in [0.2, 0.25) is 0 Å². The smallest absolute Gasteiger partial charge is 0.344 e. The minimum absolute atomic E-state index is 0.112. The number of ether oxygens (including phenoxy) is 4. The Morgan fingerprint density at radius 1 is 0.880 bits per heavy atom. The fourth-order valence-electron chi connectivity index (χ4n) is 3.06. The molecule has 0 bridgehead atoms. The number of hydrogen-bond acceptors (Lipinski definition) is 6. The maximum absolute atomic E-state index is 12.5. The zero-order valence-corrected chi connectivity index (χ0v) is 13.6. The lowest BCUT2D eigenvalue weighted by molar-refractivity contribution is -0.138. The van der Waals surface area contributed by atoms with Crippen LogP contribution in [0, 0.1) is 0 Å². The van der Waals surface area contributed by atoms with Crippen LogP contribution in [0.5, 0.6) is 11.5 Å². The van der Waals surface area contributed by atoms with Gasteiger partial charge in [-0.05, 0) is 18.2 Å². The molecule has 0 atom stereocenters. The molecule has 2 aromatic rings. The lowest BCUT2D eigenvalue weighted by Crippen LogP contribution is -2.17. The van der Waals surface area contributed by atoms with Crippen LogP contribution in [0.3, 0.4) is 0 Å². The summed E-state index contributed by atoms with van der Waals surface area (Å²) in [7, 11) is 3.05. The van der Waals surface area contributed by atoms with Crippen molar-refractivity contribution < 1.29 is 28.5 Å². The van der Waals surface area contributed by atoms with Crippen LogP contribution >= 0.6 is 0 Å². The molecule has 0 amide bonds. The SMILES string of the molecule is COc1cc2c(cc1OC)/C(=C1\OC(=O)c3ccccc31)C(=O)OC2. The van der Waals surface area contributed by atoms with E-state index in [1.807, 2.05) is 0 Å². The van der Waals surface area contributed by atoms with E-state index in [4.69, 9.17) is 18.9 Å². The zero-order chi connectivity index (χ0) is 17.6. The second-order valence-electron chi connectivity index (χ2n) is 5.58. The molecule has 0 radical (unpaired) electrons. The number of rotatable bonds is 2. The van der Waals surface area contributed by atoms with Crippen molar-refractivity contribution in [1.82, 2.24) is 0 Å². The standard InChI is InChI=1S/C19H14O6/c1-22-14-7-10-9-24-19(21)16(13(10)8-15(14)23-2)17-11-5-3-4-6-12(11)18(20)25-17/h3-8H,9H2,1-2H3/b17-16+. The van der Waals surface area contributed by atoms with Crippen molar-refractivity contribution in [3.05, 3.63) is 58.7 Å². The molecule has 0 saturated carbocycles. The number of methoxy groups -OCH3 is 2. The summed E-state index contributed by atoms with van der Waals surface area (Å²) in [4.78, 5) is 24.6. The maximum Gasteiger partial charge on any atom is 0.344 e. The normalized spacial score (nSPS) is 18.2. The van der Waals surface area contributed by atoms with E-state index in [0.717, 1.165) is 5.56 Å². The van der Waals surface area contributed by atoms with Crippen LogP contribution in [0.4, 0.5) is 0 Å². The van der Waals surface area contributed by atoms with Crippen molar-refractivity contribution in [2.24, 2.45) is 0 Å². The van der Waals surface area contributed by atoms with Crippen LogP contribution in [-0.4, -0.2) is 26.2 Å². The average molecular weight is 338 g/mol. The molecule has 0 saturated heterocycles. The summed E-state index contributed by atoms with van der Waals surface area (Å²) in [6.45, 7) is 0.112. The minimum Gasteiger partial charge on any atom is -0.493 e. The number of carbonyl (C=O) groups is 2. The monoisotopic (exact) mass is 338 g/mol. The van der Waals surface area contributed by atoms with Gasteiger partial charge in [-0.15, -0.1) is 0 Å². The molecule has 6 heteroatoms. The Kier molecular flexibility index (Phi) is 3.46. The highest BCUT2D eigenvalue weighted by atomic mass is 16.6. The Hall–Kier alpha value is -3.28. The first-order valence-electron chi connectivity index (χ1n) is 7.62. The lowest BCUT2D eigenvalue weighted by Gasteiger charge is -2.22. The molecule has 25 heavy (non-hydrogen) atoms. The quantitative estimate of drug-likeness (QED) is 0.619. The van der Waals surface area contributed by atoms with E-state index in [1.165, 1.54) is 14.2 Å². The maximum atomic E-state index is 12.5. The van der Waals surface area contributed by atoms with Crippen LogP contribution in [0.15, 0.2) is 36.4 Å². The Balaban J connectivity index is 1.99. The molecule has 0 spiro atoms. The van der Waals surface area contributed by atoms with Crippen LogP contribution in [0.2, 0.25) is 0 Å². The molecule has 0 aliphatic carbocycles. The van der Waals surface area contributed by atoms with Crippen LogP contribution < -0.4 is 9.47 Å². The van der Waals surface area contributed by atoms with Crippen LogP contribution in [0.25, 0.3) is 11.3 Å². The number of esters is 2. The van der Waals surface area contributed by atoms with E-state index >= 15 is 0 Å². The van der Waals surface area contributed by atoms with E-state index in [0.29, 0.717) is 28.2 Å². The third-order valence-corrected chi connectivity index (χ3v) is 4.26. The van der Waals surface area contributed by atoms with Gasteiger partial charge < -0.3 is 18.9 Å². The van der Waals surface area contributed by atoms with Gasteiger partial charge in [-0.3, -0.25) is 0 Å². The molecule has 2 aromatic carbocycles. The predicted molar refractivity (Wildman–Crippen MR) is 88.0 cm³/mol. The van der Waals surface area contributed by atoms with Crippen molar-refractivity contribution in [3.63, 3.8) is 0 Å². The highest BCUT2D eigenvalue weighted by Crippen LogP contribution is 2.42. The van der Waals surface area contributed by atoms with Gasteiger partial charge in [0, 0.05) is 16.7 Å². The molecular weight excluding hydrogens is 324 g/mol. The Bertz CT molecular complexity index is 941. The third-order valence-electron chi connectivity index (χ3n) is 4.26. The molecular formula is C19H14O6. The van der Waals surface area contributed by atoms with E-state index in [-0.39, 0.29) is 17.9 Å². The van der Waals surface area contributed by atoms with E-state index in [1.54, 1.807) is 36.4 Å². The first-order valence-corrected chi connectivity index (χ1v) is 7.62. The van der Waals surface area contributed by atoms with Crippen LogP contribution in [-0.2, 0) is 20.9 Å². The van der Waals surface area contributed by atoms with E-state index < -0.39 is 11.9 Å². The van der Waals surface area contributed by atoms with Gasteiger partial charge in [-0.25, -0.2) is 9.59 Å². The summed E-state index contributed by atoms with van der Waals surface area (Å²) < 4.78 is 21.3. The summed E-state index contributed by atoms with van der Waals surface area (Å²) >= 11 is 0. The van der Waals surface area contributed by atoms with Crippen molar-refractivity contribution in [1.29, 1.82) is 0 Å². The number of benzene rings is 2. The van der Waals surface area contributed by atoms with Crippen molar-refractivity contribution in [2.75, 3.05) is 14.2 Å². The molecule has 126 valence electrons. The first kappa shape index (κ1) is 15.3. The number of cyclic esters (lactones) is 2. The molecule has 2 aliphatic heterocycles. The van der Waals surface area contributed by atoms with Gasteiger partial charge in [0.15, 0.2) is 17.3 Å². The average Bonchev–Trinajstić information content (AvgIpc) is 2.97. The van der Waals surface area contributed by atoms with Crippen molar-refractivity contribution >= 4 is 23.3 Å². The molecule has 0 unspecified atom stereocenters. The van der Waals surface area contributed by atoms with Gasteiger partial charge in [0.05, 0.1) is 19.8 Å². The van der Waals surface area contributed by atoms with Gasteiger partial charge >= 0.3 is 11.9 Å². The second kappa shape index (κ2) is 5.66. The topological polar surface area (TPSA) is 71.1 Å². The molecule has 2 heterocycles. The predicted octanol–water partition coefficient (Wildman–Crippen LogP) is 2.80. The zero-order valence-electron chi connectivity index (χ0n) is 13.6. The number of carbonyl (C=O) groups excluding carboxylic acids is 2. The summed E-state index contributed by atoms with van der Waals surface area (Å²) in [6.07, 6.45) is 0. The van der Waals surface area contributed by atoms with Crippen LogP contribution in [0.1, 0.15) is 27.0 Å². The first-order chi connectivity index (χ1) is 12.1. The summed E-state index contributed by atoms with van der Waals surface area (Å²) in [5.74, 6) is 0.190. The number of fused-ring (bicyclic) bond motifs is 2. The second-order valence-corrected chi connectivity index (χ2v) is 5.58. The summed E-state index contributed by atoms with van der Waals surface area (Å²) in [6, 6.07) is 10.4. The van der Waals surface area contributed by atoms with Crippen molar-refractivity contribution in [3.8, 4) is 11.5 Å². The van der Waals surface area contributed by atoms with Crippen molar-refractivity contribution in [2.45, 2.75) is 6.61 Å². The van der Waals surface area contributed by atoms with Gasteiger partial charge in [0.1, 0.15) is 12.2 Å². The fraction of sp³-hybridized carbons (Fsp3) is 0.158. The Morgan fingerprint density at radius 2 is 1.56 bits per heavy atom. The summed E-state index contributed by atoms with van der Waals surface area (Å²) in [5.41, 5.74) is 2.56. The largest absolute Gasteiger partial charge is 0.493 e. The molecule has 0 N–H and O–H groups in total. The molecule has 4 rings (SSSR count). The highest BCUT2D eigenvalue weighted by Gasteiger charge is 2.35. The lowest BCUT2D eigenvalue weighted by atomic mass is 9.93. The van der Waals surface area contributed by atoms with E-state index in [9.17, 15) is 9.59 Å². The molecule has 0 aromatic heterocycles.